The van der Waals surface area contributed by atoms with Crippen LogP contribution in [0.3, 0.4) is 0 Å². The summed E-state index contributed by atoms with van der Waals surface area (Å²) in [6.07, 6.45) is 1.65. The largest absolute Gasteiger partial charge is 0.489 e. The van der Waals surface area contributed by atoms with E-state index >= 15 is 0 Å². The molecule has 0 aliphatic heterocycles. The normalized spacial score (nSPS) is 10.8. The Kier molecular flexibility index (Phi) is 5.59. The van der Waals surface area contributed by atoms with Crippen LogP contribution in [-0.2, 0) is 6.61 Å². The van der Waals surface area contributed by atoms with Crippen LogP contribution >= 0.6 is 11.3 Å². The molecule has 0 radical (unpaired) electrons. The SMILES string of the molecule is Cc1ccc(/C=N\NC(=O)c2ccc(COc3ccccc3)cc2)s1. The highest BCUT2D eigenvalue weighted by Gasteiger charge is 2.04. The second kappa shape index (κ2) is 8.26. The Balaban J connectivity index is 1.52. The molecule has 5 heteroatoms. The number of ether oxygens (including phenoxy) is 1. The summed E-state index contributed by atoms with van der Waals surface area (Å²) in [6, 6.07) is 20.9. The summed E-state index contributed by atoms with van der Waals surface area (Å²) in [6.45, 7) is 2.49. The molecule has 0 bridgehead atoms. The Bertz CT molecular complexity index is 855. The minimum absolute atomic E-state index is 0.236. The van der Waals surface area contributed by atoms with Crippen LogP contribution in [-0.4, -0.2) is 12.1 Å². The van der Waals surface area contributed by atoms with Gasteiger partial charge in [-0.25, -0.2) is 5.43 Å². The average Bonchev–Trinajstić information content (AvgIpc) is 3.06. The number of carbonyl (C=O) groups is 1. The maximum absolute atomic E-state index is 12.1. The first-order chi connectivity index (χ1) is 12.2. The average molecular weight is 350 g/mol. The van der Waals surface area contributed by atoms with Gasteiger partial charge < -0.3 is 4.74 Å². The Morgan fingerprint density at radius 2 is 1.84 bits per heavy atom. The molecule has 1 heterocycles. The van der Waals surface area contributed by atoms with Gasteiger partial charge in [-0.1, -0.05) is 30.3 Å². The fraction of sp³-hybridized carbons (Fsp3) is 0.100. The third kappa shape index (κ3) is 5.02. The van der Waals surface area contributed by atoms with Crippen molar-refractivity contribution >= 4 is 23.5 Å². The molecule has 0 unspecified atom stereocenters. The molecule has 0 saturated carbocycles. The molecule has 4 nitrogen and oxygen atoms in total. The van der Waals surface area contributed by atoms with Crippen LogP contribution in [0.25, 0.3) is 0 Å². The van der Waals surface area contributed by atoms with Crippen LogP contribution in [0.2, 0.25) is 0 Å². The van der Waals surface area contributed by atoms with E-state index in [4.69, 9.17) is 4.74 Å². The quantitative estimate of drug-likeness (QED) is 0.529. The third-order valence-corrected chi connectivity index (χ3v) is 4.42. The minimum atomic E-state index is -0.236. The zero-order chi connectivity index (χ0) is 17.5. The van der Waals surface area contributed by atoms with Crippen molar-refractivity contribution in [1.82, 2.24) is 5.43 Å². The van der Waals surface area contributed by atoms with Crippen LogP contribution in [0.4, 0.5) is 0 Å². The predicted molar refractivity (Wildman–Crippen MR) is 101 cm³/mol. The molecule has 1 aromatic heterocycles. The number of carbonyl (C=O) groups excluding carboxylic acids is 1. The second-order valence-corrected chi connectivity index (χ2v) is 6.77. The highest BCUT2D eigenvalue weighted by molar-refractivity contribution is 7.13. The predicted octanol–water partition coefficient (Wildman–Crippen LogP) is 4.40. The molecule has 3 aromatic rings. The first kappa shape index (κ1) is 16.9. The standard InChI is InChI=1S/C20H18N2O2S/c1-15-7-12-19(25-15)13-21-22-20(23)17-10-8-16(9-11-17)14-24-18-5-3-2-4-6-18/h2-13H,14H2,1H3,(H,22,23)/b21-13-. The summed E-state index contributed by atoms with van der Waals surface area (Å²) in [5.41, 5.74) is 4.10. The summed E-state index contributed by atoms with van der Waals surface area (Å²) in [5, 5.41) is 3.99. The van der Waals surface area contributed by atoms with Gasteiger partial charge in [0.25, 0.3) is 5.91 Å². The molecular formula is C20H18N2O2S. The fourth-order valence-electron chi connectivity index (χ4n) is 2.18. The van der Waals surface area contributed by atoms with Crippen molar-refractivity contribution in [2.75, 3.05) is 0 Å². The summed E-state index contributed by atoms with van der Waals surface area (Å²) in [7, 11) is 0. The number of benzene rings is 2. The topological polar surface area (TPSA) is 50.7 Å². The lowest BCUT2D eigenvalue weighted by atomic mass is 10.1. The number of para-hydroxylation sites is 1. The van der Waals surface area contributed by atoms with Crippen LogP contribution < -0.4 is 10.2 Å². The smallest absolute Gasteiger partial charge is 0.271 e. The minimum Gasteiger partial charge on any atom is -0.489 e. The molecule has 0 saturated heterocycles. The van der Waals surface area contributed by atoms with Crippen molar-refractivity contribution in [2.45, 2.75) is 13.5 Å². The number of hydrogen-bond acceptors (Lipinski definition) is 4. The molecule has 126 valence electrons. The Hall–Kier alpha value is -2.92. The van der Waals surface area contributed by atoms with E-state index < -0.39 is 0 Å². The van der Waals surface area contributed by atoms with E-state index in [0.717, 1.165) is 16.2 Å². The van der Waals surface area contributed by atoms with Gasteiger partial charge in [-0.05, 0) is 48.9 Å². The van der Waals surface area contributed by atoms with Gasteiger partial charge in [-0.3, -0.25) is 4.79 Å². The van der Waals surface area contributed by atoms with Gasteiger partial charge in [0.2, 0.25) is 0 Å². The van der Waals surface area contributed by atoms with Crippen molar-refractivity contribution in [1.29, 1.82) is 0 Å². The van der Waals surface area contributed by atoms with Gasteiger partial charge in [0.05, 0.1) is 6.21 Å². The monoisotopic (exact) mass is 350 g/mol. The Labute approximate surface area is 150 Å². The fourth-order valence-corrected chi connectivity index (χ4v) is 2.93. The van der Waals surface area contributed by atoms with E-state index in [1.54, 1.807) is 29.7 Å². The van der Waals surface area contributed by atoms with Gasteiger partial charge in [-0.2, -0.15) is 5.10 Å². The maximum atomic E-state index is 12.1. The van der Waals surface area contributed by atoms with Crippen LogP contribution in [0, 0.1) is 6.92 Å². The molecule has 0 spiro atoms. The van der Waals surface area contributed by atoms with Crippen molar-refractivity contribution in [2.24, 2.45) is 5.10 Å². The number of amides is 1. The van der Waals surface area contributed by atoms with Gasteiger partial charge >= 0.3 is 0 Å². The Morgan fingerprint density at radius 1 is 1.08 bits per heavy atom. The zero-order valence-corrected chi connectivity index (χ0v) is 14.6. The first-order valence-corrected chi connectivity index (χ1v) is 8.69. The van der Waals surface area contributed by atoms with Gasteiger partial charge in [0, 0.05) is 15.3 Å². The zero-order valence-electron chi connectivity index (χ0n) is 13.8. The van der Waals surface area contributed by atoms with Gasteiger partial charge in [0.1, 0.15) is 12.4 Å². The lowest BCUT2D eigenvalue weighted by molar-refractivity contribution is 0.0955. The second-order valence-electron chi connectivity index (χ2n) is 5.45. The third-order valence-electron chi connectivity index (χ3n) is 3.48. The van der Waals surface area contributed by atoms with Crippen LogP contribution in [0.1, 0.15) is 25.7 Å². The lowest BCUT2D eigenvalue weighted by Crippen LogP contribution is -2.17. The first-order valence-electron chi connectivity index (χ1n) is 7.87. The molecule has 1 N–H and O–H groups in total. The maximum Gasteiger partial charge on any atom is 0.271 e. The number of thiophene rings is 1. The summed E-state index contributed by atoms with van der Waals surface area (Å²) in [4.78, 5) is 14.3. The number of rotatable bonds is 6. The summed E-state index contributed by atoms with van der Waals surface area (Å²) < 4.78 is 5.69. The molecule has 2 aromatic carbocycles. The van der Waals surface area contributed by atoms with Gasteiger partial charge in [0.15, 0.2) is 0 Å². The summed E-state index contributed by atoms with van der Waals surface area (Å²) in [5.74, 6) is 0.586. The van der Waals surface area contributed by atoms with Crippen molar-refractivity contribution < 1.29 is 9.53 Å². The van der Waals surface area contributed by atoms with E-state index in [-0.39, 0.29) is 5.91 Å². The lowest BCUT2D eigenvalue weighted by Gasteiger charge is -2.06. The Morgan fingerprint density at radius 3 is 2.52 bits per heavy atom. The van der Waals surface area contributed by atoms with Crippen molar-refractivity contribution in [3.8, 4) is 5.75 Å². The molecular weight excluding hydrogens is 332 g/mol. The van der Waals surface area contributed by atoms with Crippen LogP contribution in [0.15, 0.2) is 71.8 Å². The molecule has 0 aliphatic carbocycles. The van der Waals surface area contributed by atoms with E-state index in [2.05, 4.69) is 10.5 Å². The molecule has 0 fully saturated rings. The van der Waals surface area contributed by atoms with E-state index in [1.807, 2.05) is 61.5 Å². The highest BCUT2D eigenvalue weighted by atomic mass is 32.1. The molecule has 0 aliphatic rings. The highest BCUT2D eigenvalue weighted by Crippen LogP contribution is 2.13. The molecule has 25 heavy (non-hydrogen) atoms. The van der Waals surface area contributed by atoms with Crippen molar-refractivity contribution in [3.05, 3.63) is 87.6 Å². The number of nitrogens with one attached hydrogen (secondary N) is 1. The molecule has 3 rings (SSSR count). The van der Waals surface area contributed by atoms with Crippen molar-refractivity contribution in [3.63, 3.8) is 0 Å². The van der Waals surface area contributed by atoms with E-state index in [0.29, 0.717) is 12.2 Å². The number of hydrazone groups is 1. The number of hydrogen-bond donors (Lipinski definition) is 1. The van der Waals surface area contributed by atoms with Gasteiger partial charge in [-0.15, -0.1) is 11.3 Å². The number of aryl methyl sites for hydroxylation is 1. The molecule has 1 amide bonds. The van der Waals surface area contributed by atoms with Crippen LogP contribution in [0.5, 0.6) is 5.75 Å². The van der Waals surface area contributed by atoms with E-state index in [1.165, 1.54) is 4.88 Å². The summed E-state index contributed by atoms with van der Waals surface area (Å²) >= 11 is 1.63. The molecule has 0 atom stereocenters. The number of nitrogens with zero attached hydrogens (tertiary/aromatic N) is 1. The van der Waals surface area contributed by atoms with E-state index in [9.17, 15) is 4.79 Å².